The molecule has 8 nitrogen and oxygen atoms in total. The lowest BCUT2D eigenvalue weighted by molar-refractivity contribution is -0.140. The van der Waals surface area contributed by atoms with Crippen LogP contribution in [0.15, 0.2) is 60.7 Å². The maximum Gasteiger partial charge on any atom is 0.307 e. The van der Waals surface area contributed by atoms with Gasteiger partial charge in [-0.15, -0.1) is 0 Å². The van der Waals surface area contributed by atoms with Crippen LogP contribution in [0, 0.1) is 27.7 Å². The molecular weight excluding hydrogens is 729 g/mol. The van der Waals surface area contributed by atoms with E-state index in [1.165, 1.54) is 67.9 Å². The molecule has 0 aromatic heterocycles. The first kappa shape index (κ1) is 41.6. The number of ether oxygens (including phenoxy) is 3. The fourth-order valence-corrected chi connectivity index (χ4v) is 12.2. The molecule has 300 valence electrons. The summed E-state index contributed by atoms with van der Waals surface area (Å²) in [6.07, 6.45) is 1.11. The second-order valence-electron chi connectivity index (χ2n) is 17.1. The Hall–Kier alpha value is -5.02. The quantitative estimate of drug-likeness (QED) is 0.0987. The molecule has 0 spiro atoms. The highest BCUT2D eigenvalue weighted by molar-refractivity contribution is 7.01. The fourth-order valence-electron chi connectivity index (χ4n) is 9.18. The van der Waals surface area contributed by atoms with Crippen molar-refractivity contribution in [3.63, 3.8) is 0 Å². The van der Waals surface area contributed by atoms with Gasteiger partial charge in [0.1, 0.15) is 26.1 Å². The maximum absolute atomic E-state index is 14.0. The van der Waals surface area contributed by atoms with Crippen LogP contribution in [0.3, 0.4) is 0 Å². The van der Waals surface area contributed by atoms with Crippen LogP contribution in [0.5, 0.6) is 11.5 Å². The molecule has 4 aromatic carbocycles. The zero-order valence-corrected chi connectivity index (χ0v) is 36.9. The highest BCUT2D eigenvalue weighted by Gasteiger charge is 2.41. The first-order valence-corrected chi connectivity index (χ1v) is 23.2. The normalized spacial score (nSPS) is 16.2. The number of aryl methyl sites for hydroxylation is 3. The van der Waals surface area contributed by atoms with E-state index in [0.717, 1.165) is 41.2 Å². The first-order chi connectivity index (χ1) is 26.9. The molecule has 0 saturated carbocycles. The number of benzene rings is 4. The van der Waals surface area contributed by atoms with Crippen molar-refractivity contribution in [2.45, 2.75) is 99.2 Å². The Morgan fingerprint density at radius 1 is 0.789 bits per heavy atom. The van der Waals surface area contributed by atoms with E-state index in [1.807, 2.05) is 12.1 Å². The number of hydrogen-bond acceptors (Lipinski definition) is 6. The number of carbonyl (C=O) groups is 3. The van der Waals surface area contributed by atoms with Crippen LogP contribution in [0.25, 0.3) is 5.57 Å². The van der Waals surface area contributed by atoms with E-state index in [1.54, 1.807) is 0 Å². The standard InChI is InChI=1S/C48H59N2O6Si/c1-13-50-41-27-43-40(26-39(41)32(5)28-48(50,7)8)46(38-17-15-35(25-42(38)57(43,11)12)56-36-23-29(2)33(6)30(3)24-36)37-16-14-34(22-31(37)4)47(53)49(20-18-44(51)54-9)21-19-45(52)55-10/h14-17,22-27,32H,13,18-21,28H2,1-12H3/q+1. The SMILES string of the molecule is CC[N+]1=c2cc3c(cc2C(C)CC1(C)C)=C(c1ccc(C(=O)N(CCC(=O)OC)CCC(=O)OC)cc1C)c1ccc(Oc2cc(C)c(C)c(C)c2)cc1[Si]3(C)C. The summed E-state index contributed by atoms with van der Waals surface area (Å²) in [5.41, 5.74) is 9.96. The van der Waals surface area contributed by atoms with Crippen LogP contribution in [0.1, 0.15) is 102 Å². The van der Waals surface area contributed by atoms with Gasteiger partial charge in [-0.25, -0.2) is 4.58 Å². The molecule has 1 unspecified atom stereocenters. The Labute approximate surface area is 339 Å². The van der Waals surface area contributed by atoms with Crippen LogP contribution >= 0.6 is 0 Å². The van der Waals surface area contributed by atoms with Gasteiger partial charge in [-0.1, -0.05) is 32.2 Å². The minimum atomic E-state index is -2.32. The molecule has 57 heavy (non-hydrogen) atoms. The molecule has 0 bridgehead atoms. The summed E-state index contributed by atoms with van der Waals surface area (Å²) in [6, 6.07) is 21.7. The lowest BCUT2D eigenvalue weighted by atomic mass is 9.82. The van der Waals surface area contributed by atoms with Gasteiger partial charge in [-0.2, -0.15) is 0 Å². The smallest absolute Gasteiger partial charge is 0.307 e. The number of fused-ring (bicyclic) bond motifs is 3. The van der Waals surface area contributed by atoms with Crippen molar-refractivity contribution in [2.75, 3.05) is 33.9 Å². The second kappa shape index (κ2) is 16.1. The average molecular weight is 788 g/mol. The summed E-state index contributed by atoms with van der Waals surface area (Å²) in [7, 11) is 0.324. The third-order valence-electron chi connectivity index (χ3n) is 12.5. The van der Waals surface area contributed by atoms with Gasteiger partial charge in [0.05, 0.1) is 27.1 Å². The molecule has 1 amide bonds. The number of nitrogens with zero attached hydrogens (tertiary/aromatic N) is 2. The van der Waals surface area contributed by atoms with Gasteiger partial charge < -0.3 is 19.1 Å². The predicted octanol–water partition coefficient (Wildman–Crippen LogP) is 6.46. The van der Waals surface area contributed by atoms with E-state index in [9.17, 15) is 14.4 Å². The summed E-state index contributed by atoms with van der Waals surface area (Å²) in [6.45, 7) is 23.9. The summed E-state index contributed by atoms with van der Waals surface area (Å²) in [5, 5.41) is 5.30. The zero-order valence-electron chi connectivity index (χ0n) is 35.9. The first-order valence-electron chi connectivity index (χ1n) is 20.2. The minimum Gasteiger partial charge on any atom is -0.469 e. The molecule has 0 fully saturated rings. The van der Waals surface area contributed by atoms with Crippen molar-refractivity contribution in [1.29, 1.82) is 0 Å². The number of hydrogen-bond donors (Lipinski definition) is 0. The molecule has 0 radical (unpaired) electrons. The van der Waals surface area contributed by atoms with Gasteiger partial charge >= 0.3 is 11.9 Å². The third-order valence-corrected chi connectivity index (χ3v) is 16.0. The van der Waals surface area contributed by atoms with Gasteiger partial charge in [0, 0.05) is 36.7 Å². The Morgan fingerprint density at radius 2 is 1.40 bits per heavy atom. The highest BCUT2D eigenvalue weighted by atomic mass is 28.3. The molecule has 0 aliphatic carbocycles. The minimum absolute atomic E-state index is 0.0237. The summed E-state index contributed by atoms with van der Waals surface area (Å²) in [5.74, 6) is 0.940. The maximum atomic E-state index is 14.0. The molecule has 0 saturated heterocycles. The van der Waals surface area contributed by atoms with Gasteiger partial charge in [-0.05, 0) is 151 Å². The van der Waals surface area contributed by atoms with Gasteiger partial charge in [0.2, 0.25) is 5.36 Å². The number of esters is 2. The lowest BCUT2D eigenvalue weighted by Crippen LogP contribution is -2.65. The Bertz CT molecular complexity index is 2370. The van der Waals surface area contributed by atoms with Crippen LogP contribution in [-0.4, -0.2) is 70.2 Å². The van der Waals surface area contributed by atoms with Crippen LogP contribution < -0.4 is 30.3 Å². The molecule has 2 aliphatic rings. The second-order valence-corrected chi connectivity index (χ2v) is 21.4. The molecule has 0 N–H and O–H groups in total. The molecular formula is C48H59N2O6Si+. The van der Waals surface area contributed by atoms with Crippen molar-refractivity contribution >= 4 is 41.9 Å². The molecule has 2 heterocycles. The van der Waals surface area contributed by atoms with Crippen molar-refractivity contribution < 1.29 is 28.6 Å². The van der Waals surface area contributed by atoms with Crippen LogP contribution in [0.4, 0.5) is 0 Å². The number of amides is 1. The van der Waals surface area contributed by atoms with Gasteiger partial charge in [0.15, 0.2) is 5.54 Å². The molecule has 6 rings (SSSR count). The third kappa shape index (κ3) is 7.96. The van der Waals surface area contributed by atoms with E-state index >= 15 is 0 Å². The highest BCUT2D eigenvalue weighted by Crippen LogP contribution is 2.33. The van der Waals surface area contributed by atoms with E-state index in [-0.39, 0.29) is 37.4 Å². The number of rotatable bonds is 11. The fraction of sp³-hybridized carbons (Fsp3) is 0.417. The van der Waals surface area contributed by atoms with Crippen molar-refractivity contribution in [2.24, 2.45) is 0 Å². The average Bonchev–Trinajstić information content (AvgIpc) is 3.16. The van der Waals surface area contributed by atoms with E-state index < -0.39 is 20.0 Å². The number of methoxy groups -OCH3 is 2. The van der Waals surface area contributed by atoms with Crippen LogP contribution in [-0.2, 0) is 19.1 Å². The number of carbonyl (C=O) groups excluding carboxylic acids is 3. The Morgan fingerprint density at radius 3 is 1.98 bits per heavy atom. The molecule has 2 aliphatic heterocycles. The monoisotopic (exact) mass is 787 g/mol. The van der Waals surface area contributed by atoms with Gasteiger partial charge in [0.25, 0.3) is 5.91 Å². The molecule has 9 heteroatoms. The summed E-state index contributed by atoms with van der Waals surface area (Å²) < 4.78 is 18.9. The van der Waals surface area contributed by atoms with Crippen LogP contribution in [0.2, 0.25) is 13.1 Å². The van der Waals surface area contributed by atoms with E-state index in [0.29, 0.717) is 11.5 Å². The molecule has 4 aromatic rings. The predicted molar refractivity (Wildman–Crippen MR) is 230 cm³/mol. The summed E-state index contributed by atoms with van der Waals surface area (Å²) in [4.78, 5) is 39.7. The Balaban J connectivity index is 1.55. The molecule has 1 atom stereocenters. The van der Waals surface area contributed by atoms with Crippen molar-refractivity contribution in [3.05, 3.63) is 116 Å². The Kier molecular flexibility index (Phi) is 11.7. The zero-order chi connectivity index (χ0) is 41.6. The summed E-state index contributed by atoms with van der Waals surface area (Å²) >= 11 is 0. The largest absolute Gasteiger partial charge is 0.469 e. The van der Waals surface area contributed by atoms with Crippen molar-refractivity contribution in [3.8, 4) is 11.5 Å². The van der Waals surface area contributed by atoms with Crippen molar-refractivity contribution in [1.82, 2.24) is 9.48 Å². The van der Waals surface area contributed by atoms with E-state index in [2.05, 4.69) is 122 Å². The van der Waals surface area contributed by atoms with Gasteiger partial charge in [-0.3, -0.25) is 14.4 Å². The topological polar surface area (TPSA) is 85.2 Å². The lowest BCUT2D eigenvalue weighted by Gasteiger charge is -2.36. The van der Waals surface area contributed by atoms with E-state index in [4.69, 9.17) is 14.2 Å².